The van der Waals surface area contributed by atoms with Crippen molar-refractivity contribution in [1.82, 2.24) is 0 Å². The second-order valence-electron chi connectivity index (χ2n) is 4.95. The van der Waals surface area contributed by atoms with Gasteiger partial charge in [-0.25, -0.2) is 0 Å². The summed E-state index contributed by atoms with van der Waals surface area (Å²) in [6.07, 6.45) is 10.8. The van der Waals surface area contributed by atoms with Gasteiger partial charge in [0.25, 0.3) is 0 Å². The summed E-state index contributed by atoms with van der Waals surface area (Å²) >= 11 is 0. The molecule has 0 aromatic heterocycles. The number of rotatable bonds is 14. The van der Waals surface area contributed by atoms with Gasteiger partial charge in [-0.15, -0.1) is 0 Å². The van der Waals surface area contributed by atoms with Crippen LogP contribution in [0.15, 0.2) is 0 Å². The first kappa shape index (κ1) is 18.4. The molecule has 0 aliphatic heterocycles. The highest BCUT2D eigenvalue weighted by atomic mass is 16.5. The van der Waals surface area contributed by atoms with Crippen LogP contribution in [0.25, 0.3) is 0 Å². The fourth-order valence-corrected chi connectivity index (χ4v) is 1.91. The molecular weight excluding hydrogens is 244 g/mol. The lowest BCUT2D eigenvalue weighted by molar-refractivity contribution is -0.143. The summed E-state index contributed by atoms with van der Waals surface area (Å²) in [7, 11) is 0. The quantitative estimate of drug-likeness (QED) is 0.377. The van der Waals surface area contributed by atoms with Gasteiger partial charge in [0.2, 0.25) is 0 Å². The average molecular weight is 274 g/mol. The summed E-state index contributed by atoms with van der Waals surface area (Å²) in [5.74, 6) is -0.110. The summed E-state index contributed by atoms with van der Waals surface area (Å²) in [6.45, 7) is 0.903. The highest BCUT2D eigenvalue weighted by Crippen LogP contribution is 2.10. The predicted molar refractivity (Wildman–Crippen MR) is 75.9 cm³/mol. The van der Waals surface area contributed by atoms with Crippen LogP contribution in [-0.2, 0) is 9.53 Å². The zero-order valence-electron chi connectivity index (χ0n) is 12.1. The molecule has 114 valence electrons. The maximum absolute atomic E-state index is 11.3. The normalized spacial score (nSPS) is 10.6. The summed E-state index contributed by atoms with van der Waals surface area (Å²) in [4.78, 5) is 11.3. The van der Waals surface area contributed by atoms with E-state index < -0.39 is 0 Å². The van der Waals surface area contributed by atoms with Crippen LogP contribution in [0.5, 0.6) is 0 Å². The molecule has 0 aromatic rings. The second-order valence-corrected chi connectivity index (χ2v) is 4.95. The molecule has 0 fully saturated rings. The zero-order chi connectivity index (χ0) is 14.2. The van der Waals surface area contributed by atoms with Gasteiger partial charge in [-0.1, -0.05) is 38.5 Å². The fraction of sp³-hybridized carbons (Fsp3) is 0.933. The third-order valence-corrected chi connectivity index (χ3v) is 3.10. The van der Waals surface area contributed by atoms with Gasteiger partial charge in [0, 0.05) is 19.6 Å². The lowest BCUT2D eigenvalue weighted by Gasteiger charge is -2.04. The Morgan fingerprint density at radius 2 is 1.16 bits per heavy atom. The number of ether oxygens (including phenoxy) is 1. The molecule has 0 aliphatic rings. The van der Waals surface area contributed by atoms with E-state index in [2.05, 4.69) is 0 Å². The standard InChI is InChI=1S/C15H30O4/c16-12-8-6-4-2-1-3-5-7-11-15(18)19-14-10-9-13-17/h16-17H,1-14H2. The van der Waals surface area contributed by atoms with Gasteiger partial charge in [-0.3, -0.25) is 4.79 Å². The molecule has 4 heteroatoms. The highest BCUT2D eigenvalue weighted by molar-refractivity contribution is 5.69. The van der Waals surface area contributed by atoms with Crippen LogP contribution in [0.3, 0.4) is 0 Å². The van der Waals surface area contributed by atoms with Crippen LogP contribution in [0.4, 0.5) is 0 Å². The monoisotopic (exact) mass is 274 g/mol. The molecule has 0 saturated heterocycles. The molecule has 2 N–H and O–H groups in total. The lowest BCUT2D eigenvalue weighted by atomic mass is 10.1. The number of aliphatic hydroxyl groups excluding tert-OH is 2. The van der Waals surface area contributed by atoms with Crippen molar-refractivity contribution in [2.45, 2.75) is 70.6 Å². The molecule has 0 amide bonds. The molecule has 4 nitrogen and oxygen atoms in total. The first-order valence-corrected chi connectivity index (χ1v) is 7.68. The Labute approximate surface area is 117 Å². The Morgan fingerprint density at radius 1 is 0.684 bits per heavy atom. The minimum absolute atomic E-state index is 0.110. The number of esters is 1. The number of hydrogen-bond donors (Lipinski definition) is 2. The Balaban J connectivity index is 3.10. The second kappa shape index (κ2) is 15.4. The van der Waals surface area contributed by atoms with E-state index in [1.54, 1.807) is 0 Å². The van der Waals surface area contributed by atoms with E-state index in [4.69, 9.17) is 14.9 Å². The number of hydrogen-bond acceptors (Lipinski definition) is 4. The highest BCUT2D eigenvalue weighted by Gasteiger charge is 2.02. The Morgan fingerprint density at radius 3 is 1.74 bits per heavy atom. The Bertz CT molecular complexity index is 195. The molecule has 0 bridgehead atoms. The molecule has 0 saturated carbocycles. The Hall–Kier alpha value is -0.610. The van der Waals surface area contributed by atoms with Crippen LogP contribution < -0.4 is 0 Å². The molecule has 0 unspecified atom stereocenters. The fourth-order valence-electron chi connectivity index (χ4n) is 1.91. The minimum Gasteiger partial charge on any atom is -0.466 e. The van der Waals surface area contributed by atoms with Crippen molar-refractivity contribution in [3.8, 4) is 0 Å². The average Bonchev–Trinajstić information content (AvgIpc) is 2.42. The molecule has 0 atom stereocenters. The van der Waals surface area contributed by atoms with Gasteiger partial charge in [0.1, 0.15) is 0 Å². The SMILES string of the molecule is O=C(CCCCCCCCCCO)OCCCCO. The number of carbonyl (C=O) groups is 1. The molecule has 0 aliphatic carbocycles. The third kappa shape index (κ3) is 15.3. The summed E-state index contributed by atoms with van der Waals surface area (Å²) < 4.78 is 5.04. The topological polar surface area (TPSA) is 66.8 Å². The van der Waals surface area contributed by atoms with Crippen LogP contribution >= 0.6 is 0 Å². The van der Waals surface area contributed by atoms with Crippen LogP contribution in [0, 0.1) is 0 Å². The van der Waals surface area contributed by atoms with E-state index in [0.717, 1.165) is 32.1 Å². The maximum atomic E-state index is 11.3. The lowest BCUT2D eigenvalue weighted by Crippen LogP contribution is -2.06. The van der Waals surface area contributed by atoms with E-state index in [1.807, 2.05) is 0 Å². The van der Waals surface area contributed by atoms with Gasteiger partial charge < -0.3 is 14.9 Å². The van der Waals surface area contributed by atoms with Crippen molar-refractivity contribution >= 4 is 5.97 Å². The number of carbonyl (C=O) groups excluding carboxylic acids is 1. The molecular formula is C15H30O4. The summed E-state index contributed by atoms with van der Waals surface area (Å²) in [6, 6.07) is 0. The van der Waals surface area contributed by atoms with Gasteiger partial charge in [0.05, 0.1) is 6.61 Å². The van der Waals surface area contributed by atoms with Gasteiger partial charge in [-0.05, 0) is 25.7 Å². The molecule has 0 radical (unpaired) electrons. The van der Waals surface area contributed by atoms with E-state index >= 15 is 0 Å². The van der Waals surface area contributed by atoms with Gasteiger partial charge >= 0.3 is 5.97 Å². The molecule has 0 rings (SSSR count). The smallest absolute Gasteiger partial charge is 0.305 e. The first-order chi connectivity index (χ1) is 9.31. The Kier molecular flexibility index (Phi) is 15.0. The first-order valence-electron chi connectivity index (χ1n) is 7.68. The van der Waals surface area contributed by atoms with E-state index in [1.165, 1.54) is 25.7 Å². The minimum atomic E-state index is -0.110. The number of unbranched alkanes of at least 4 members (excludes halogenated alkanes) is 8. The summed E-state index contributed by atoms with van der Waals surface area (Å²) in [5.41, 5.74) is 0. The predicted octanol–water partition coefficient (Wildman–Crippen LogP) is 2.81. The van der Waals surface area contributed by atoms with Crippen molar-refractivity contribution in [1.29, 1.82) is 0 Å². The van der Waals surface area contributed by atoms with Crippen molar-refractivity contribution in [2.75, 3.05) is 19.8 Å². The van der Waals surface area contributed by atoms with Crippen molar-refractivity contribution in [3.05, 3.63) is 0 Å². The largest absolute Gasteiger partial charge is 0.466 e. The van der Waals surface area contributed by atoms with Crippen LogP contribution in [0.1, 0.15) is 70.6 Å². The molecule has 0 spiro atoms. The van der Waals surface area contributed by atoms with Crippen molar-refractivity contribution in [2.24, 2.45) is 0 Å². The van der Waals surface area contributed by atoms with E-state index in [0.29, 0.717) is 26.1 Å². The number of aliphatic hydroxyl groups is 2. The van der Waals surface area contributed by atoms with E-state index in [-0.39, 0.29) is 12.6 Å². The third-order valence-electron chi connectivity index (χ3n) is 3.10. The zero-order valence-corrected chi connectivity index (χ0v) is 12.1. The van der Waals surface area contributed by atoms with Crippen molar-refractivity contribution < 1.29 is 19.7 Å². The molecule has 0 aromatic carbocycles. The van der Waals surface area contributed by atoms with Gasteiger partial charge in [0.15, 0.2) is 0 Å². The van der Waals surface area contributed by atoms with Crippen LogP contribution in [-0.4, -0.2) is 36.0 Å². The van der Waals surface area contributed by atoms with Crippen LogP contribution in [0.2, 0.25) is 0 Å². The van der Waals surface area contributed by atoms with E-state index in [9.17, 15) is 4.79 Å². The van der Waals surface area contributed by atoms with Crippen molar-refractivity contribution in [3.63, 3.8) is 0 Å². The molecule has 19 heavy (non-hydrogen) atoms. The molecule has 0 heterocycles. The maximum Gasteiger partial charge on any atom is 0.305 e. The van der Waals surface area contributed by atoms with Gasteiger partial charge in [-0.2, -0.15) is 0 Å². The summed E-state index contributed by atoms with van der Waals surface area (Å²) in [5, 5.41) is 17.2.